The number of para-hydroxylation sites is 1. The van der Waals surface area contributed by atoms with Gasteiger partial charge in [0.05, 0.1) is 5.52 Å². The Kier molecular flexibility index (Phi) is 3.24. The Morgan fingerprint density at radius 1 is 0.900 bits per heavy atom. The fourth-order valence-corrected chi connectivity index (χ4v) is 2.36. The molecule has 0 amide bonds. The first-order chi connectivity index (χ1) is 9.66. The van der Waals surface area contributed by atoms with E-state index >= 15 is 0 Å². The second-order valence-corrected chi connectivity index (χ2v) is 5.30. The van der Waals surface area contributed by atoms with Crippen molar-refractivity contribution < 1.29 is 9.59 Å². The number of ketones is 1. The number of fused-ring (bicyclic) bond motifs is 1. The molecule has 0 aliphatic rings. The molecular weight excluding hydrogens is 318 g/mol. The lowest BCUT2D eigenvalue weighted by atomic mass is 10.1. The molecule has 1 aromatic heterocycles. The van der Waals surface area contributed by atoms with Crippen LogP contribution in [0, 0.1) is 0 Å². The van der Waals surface area contributed by atoms with Gasteiger partial charge in [-0.15, -0.1) is 0 Å². The number of halogens is 1. The van der Waals surface area contributed by atoms with E-state index in [2.05, 4.69) is 15.9 Å². The fourth-order valence-electron chi connectivity index (χ4n) is 2.09. The first kappa shape index (κ1) is 12.8. The summed E-state index contributed by atoms with van der Waals surface area (Å²) in [6, 6.07) is 16.0. The third-order valence-electron chi connectivity index (χ3n) is 3.12. The normalized spacial score (nSPS) is 10.7. The lowest BCUT2D eigenvalue weighted by Crippen LogP contribution is -2.21. The van der Waals surface area contributed by atoms with Crippen LogP contribution >= 0.6 is 15.9 Å². The van der Waals surface area contributed by atoms with Crippen molar-refractivity contribution in [3.8, 4) is 0 Å². The van der Waals surface area contributed by atoms with Crippen LogP contribution in [-0.2, 0) is 0 Å². The summed E-state index contributed by atoms with van der Waals surface area (Å²) in [4.78, 5) is 24.5. The van der Waals surface area contributed by atoms with E-state index in [9.17, 15) is 9.59 Å². The number of Topliss-reactive ketones (excluding diaryl/α,β-unsaturated/α-hetero) is 1. The van der Waals surface area contributed by atoms with Crippen LogP contribution in [0.5, 0.6) is 0 Å². The zero-order valence-electron chi connectivity index (χ0n) is 10.4. The molecule has 98 valence electrons. The topological polar surface area (TPSA) is 39.1 Å². The molecule has 1 heterocycles. The van der Waals surface area contributed by atoms with Crippen molar-refractivity contribution in [3.63, 3.8) is 0 Å². The second kappa shape index (κ2) is 5.06. The van der Waals surface area contributed by atoms with Crippen LogP contribution in [0.15, 0.2) is 65.3 Å². The van der Waals surface area contributed by atoms with Gasteiger partial charge in [-0.2, -0.15) is 0 Å². The summed E-state index contributed by atoms with van der Waals surface area (Å²) in [7, 11) is 0. The van der Waals surface area contributed by atoms with Crippen LogP contribution in [0.1, 0.15) is 15.2 Å². The minimum Gasteiger partial charge on any atom is -0.283 e. The maximum absolute atomic E-state index is 12.3. The maximum atomic E-state index is 12.3. The third-order valence-corrected chi connectivity index (χ3v) is 3.65. The van der Waals surface area contributed by atoms with Crippen molar-refractivity contribution in [1.29, 1.82) is 0 Å². The number of hydrogen-bond acceptors (Lipinski definition) is 2. The minimum atomic E-state index is -0.548. The number of hydrogen-bond donors (Lipinski definition) is 0. The predicted octanol–water partition coefficient (Wildman–Crippen LogP) is 3.93. The van der Waals surface area contributed by atoms with Gasteiger partial charge in [0.1, 0.15) is 0 Å². The van der Waals surface area contributed by atoms with Crippen LogP contribution in [0.25, 0.3) is 10.9 Å². The Hall–Kier alpha value is -2.20. The van der Waals surface area contributed by atoms with Gasteiger partial charge in [0.2, 0.25) is 0 Å². The van der Waals surface area contributed by atoms with Gasteiger partial charge in [-0.05, 0) is 36.4 Å². The molecule has 0 unspecified atom stereocenters. The Morgan fingerprint density at radius 2 is 1.60 bits per heavy atom. The third kappa shape index (κ3) is 2.18. The minimum absolute atomic E-state index is 0.385. The zero-order chi connectivity index (χ0) is 14.1. The van der Waals surface area contributed by atoms with E-state index in [1.807, 2.05) is 30.3 Å². The summed E-state index contributed by atoms with van der Waals surface area (Å²) in [5.41, 5.74) is 1.12. The average molecular weight is 328 g/mol. The van der Waals surface area contributed by atoms with Crippen LogP contribution in [-0.4, -0.2) is 16.3 Å². The van der Waals surface area contributed by atoms with Crippen molar-refractivity contribution >= 4 is 38.5 Å². The van der Waals surface area contributed by atoms with Gasteiger partial charge in [0, 0.05) is 21.6 Å². The molecule has 0 N–H and O–H groups in total. The van der Waals surface area contributed by atoms with E-state index < -0.39 is 11.7 Å². The van der Waals surface area contributed by atoms with Crippen molar-refractivity contribution in [2.45, 2.75) is 0 Å². The van der Waals surface area contributed by atoms with Gasteiger partial charge < -0.3 is 0 Å². The molecule has 0 radical (unpaired) electrons. The zero-order valence-corrected chi connectivity index (χ0v) is 12.0. The summed E-state index contributed by atoms with van der Waals surface area (Å²) in [5.74, 6) is -1.06. The first-order valence-corrected chi connectivity index (χ1v) is 6.87. The van der Waals surface area contributed by atoms with Gasteiger partial charge in [-0.25, -0.2) is 0 Å². The molecule has 0 aliphatic heterocycles. The highest BCUT2D eigenvalue weighted by atomic mass is 79.9. The second-order valence-electron chi connectivity index (χ2n) is 4.39. The lowest BCUT2D eigenvalue weighted by Gasteiger charge is -2.03. The molecule has 0 fully saturated rings. The average Bonchev–Trinajstić information content (AvgIpc) is 2.90. The highest BCUT2D eigenvalue weighted by molar-refractivity contribution is 9.10. The monoisotopic (exact) mass is 327 g/mol. The Morgan fingerprint density at radius 3 is 2.35 bits per heavy atom. The molecule has 0 aliphatic carbocycles. The Bertz CT molecular complexity index is 803. The van der Waals surface area contributed by atoms with Crippen LogP contribution < -0.4 is 0 Å². The van der Waals surface area contributed by atoms with Crippen LogP contribution in [0.4, 0.5) is 0 Å². The molecular formula is C16H10BrNO2. The molecule has 20 heavy (non-hydrogen) atoms. The van der Waals surface area contributed by atoms with Crippen LogP contribution in [0.3, 0.4) is 0 Å². The van der Waals surface area contributed by atoms with E-state index in [0.29, 0.717) is 5.56 Å². The van der Waals surface area contributed by atoms with E-state index in [4.69, 9.17) is 0 Å². The van der Waals surface area contributed by atoms with Crippen molar-refractivity contribution in [3.05, 3.63) is 70.8 Å². The smallest absolute Gasteiger partial charge is 0.283 e. The number of carbonyl (C=O) groups is 2. The number of aromatic nitrogens is 1. The van der Waals surface area contributed by atoms with Gasteiger partial charge >= 0.3 is 5.91 Å². The molecule has 3 rings (SSSR count). The van der Waals surface area contributed by atoms with Crippen LogP contribution in [0.2, 0.25) is 0 Å². The van der Waals surface area contributed by atoms with Crippen molar-refractivity contribution in [1.82, 2.24) is 4.57 Å². The quantitative estimate of drug-likeness (QED) is 0.528. The highest BCUT2D eigenvalue weighted by Crippen LogP contribution is 2.17. The Labute approximate surface area is 124 Å². The molecule has 0 atom stereocenters. The summed E-state index contributed by atoms with van der Waals surface area (Å²) >= 11 is 3.30. The first-order valence-electron chi connectivity index (χ1n) is 6.07. The molecule has 4 heteroatoms. The van der Waals surface area contributed by atoms with E-state index in [-0.39, 0.29) is 0 Å². The summed E-state index contributed by atoms with van der Waals surface area (Å²) in [6.07, 6.45) is 1.63. The van der Waals surface area contributed by atoms with Gasteiger partial charge in [0.25, 0.3) is 5.78 Å². The Balaban J connectivity index is 2.00. The van der Waals surface area contributed by atoms with E-state index in [1.165, 1.54) is 4.57 Å². The maximum Gasteiger partial charge on any atom is 0.303 e. The SMILES string of the molecule is O=C(C(=O)n1ccc2ccccc21)c1ccc(Br)cc1. The highest BCUT2D eigenvalue weighted by Gasteiger charge is 2.19. The number of carbonyl (C=O) groups excluding carboxylic acids is 2. The summed E-state index contributed by atoms with van der Waals surface area (Å²) in [6.45, 7) is 0. The molecule has 3 aromatic rings. The van der Waals surface area contributed by atoms with Gasteiger partial charge in [-0.3, -0.25) is 14.2 Å². The standard InChI is InChI=1S/C16H10BrNO2/c17-13-7-5-12(6-8-13)15(19)16(20)18-10-9-11-3-1-2-4-14(11)18/h1-10H. The molecule has 0 saturated heterocycles. The van der Waals surface area contributed by atoms with Crippen molar-refractivity contribution in [2.75, 3.05) is 0 Å². The lowest BCUT2D eigenvalue weighted by molar-refractivity contribution is 0.0768. The molecule has 0 bridgehead atoms. The molecule has 3 nitrogen and oxygen atoms in total. The van der Waals surface area contributed by atoms with Gasteiger partial charge in [0.15, 0.2) is 0 Å². The number of rotatable bonds is 2. The summed E-state index contributed by atoms with van der Waals surface area (Å²) < 4.78 is 2.26. The number of benzene rings is 2. The van der Waals surface area contributed by atoms with Gasteiger partial charge in [-0.1, -0.05) is 34.1 Å². The summed E-state index contributed by atoms with van der Waals surface area (Å²) in [5, 5.41) is 0.935. The van der Waals surface area contributed by atoms with E-state index in [1.54, 1.807) is 30.5 Å². The molecule has 2 aromatic carbocycles. The van der Waals surface area contributed by atoms with E-state index in [0.717, 1.165) is 15.4 Å². The largest absolute Gasteiger partial charge is 0.303 e. The van der Waals surface area contributed by atoms with Crippen molar-refractivity contribution in [2.24, 2.45) is 0 Å². The molecule has 0 saturated carbocycles. The predicted molar refractivity (Wildman–Crippen MR) is 81.0 cm³/mol. The fraction of sp³-hybridized carbons (Fsp3) is 0. The number of nitrogens with zero attached hydrogens (tertiary/aromatic N) is 1. The molecule has 0 spiro atoms.